The lowest BCUT2D eigenvalue weighted by Gasteiger charge is -2.42. The number of nitrogens with zero attached hydrogens (tertiary/aromatic N) is 7. The van der Waals surface area contributed by atoms with Crippen LogP contribution >= 0.6 is 0 Å². The number of hydrogen-bond donors (Lipinski definition) is 0. The number of nitriles is 1. The van der Waals surface area contributed by atoms with Crippen molar-refractivity contribution >= 4 is 23.4 Å². The number of likely N-dealkylation sites (N-methyl/N-ethyl adjacent to an activating group) is 1. The summed E-state index contributed by atoms with van der Waals surface area (Å²) in [5.74, 6) is 0.109. The minimum atomic E-state index is -0.981. The zero-order valence-electron chi connectivity index (χ0n) is 26.1. The van der Waals surface area contributed by atoms with Crippen LogP contribution in [0.3, 0.4) is 0 Å². The summed E-state index contributed by atoms with van der Waals surface area (Å²) in [4.78, 5) is 52.9. The zero-order valence-corrected chi connectivity index (χ0v) is 26.1. The van der Waals surface area contributed by atoms with Crippen molar-refractivity contribution in [2.75, 3.05) is 44.7 Å². The minimum absolute atomic E-state index is 0.0110. The van der Waals surface area contributed by atoms with Crippen molar-refractivity contribution in [2.24, 2.45) is 0 Å². The average Bonchev–Trinajstić information content (AvgIpc) is 3.41. The van der Waals surface area contributed by atoms with Crippen LogP contribution in [0.2, 0.25) is 0 Å². The Kier molecular flexibility index (Phi) is 9.38. The molecule has 3 atom stereocenters. The van der Waals surface area contributed by atoms with Gasteiger partial charge in [-0.05, 0) is 66.1 Å². The number of carbonyl (C=O) groups excluding carboxylic acids is 2. The average molecular weight is 622 g/mol. The Bertz CT molecular complexity index is 1490. The number of para-hydroxylation sites is 2. The first-order chi connectivity index (χ1) is 21.4. The molecule has 14 heteroatoms. The lowest BCUT2D eigenvalue weighted by molar-refractivity contribution is -0.386. The number of fused-ring (bicyclic) bond motifs is 1. The van der Waals surface area contributed by atoms with E-state index >= 15 is 0 Å². The van der Waals surface area contributed by atoms with E-state index in [0.29, 0.717) is 44.0 Å². The van der Waals surface area contributed by atoms with Crippen LogP contribution in [0.4, 0.5) is 16.3 Å². The molecule has 3 heterocycles. The van der Waals surface area contributed by atoms with Crippen molar-refractivity contribution in [1.82, 2.24) is 19.8 Å². The Morgan fingerprint density at radius 2 is 1.93 bits per heavy atom. The highest BCUT2D eigenvalue weighted by atomic mass is 16.6. The number of hydrogen-bond acceptors (Lipinski definition) is 12. The number of nitro groups is 1. The van der Waals surface area contributed by atoms with Gasteiger partial charge in [-0.2, -0.15) is 15.2 Å². The number of rotatable bonds is 8. The van der Waals surface area contributed by atoms with Crippen LogP contribution in [0.15, 0.2) is 24.3 Å². The molecule has 0 bridgehead atoms. The van der Waals surface area contributed by atoms with E-state index in [2.05, 4.69) is 16.0 Å². The lowest BCUT2D eigenvalue weighted by Crippen LogP contribution is -2.56. The van der Waals surface area contributed by atoms with Crippen molar-refractivity contribution in [3.05, 3.63) is 45.6 Å². The third kappa shape index (κ3) is 7.25. The summed E-state index contributed by atoms with van der Waals surface area (Å²) in [6.45, 7) is 7.68. The largest absolute Gasteiger partial charge is 0.475 e. The first kappa shape index (κ1) is 31.9. The standard InChI is InChI=1S/C31H39N7O7/c1-31(2,3)45-30(40)37-17-16-36(18-20(37)13-14-32)28-22-11-12-25(44-24-10-6-5-9-23(24)38(41)42)27(39)26(22)33-29(34-28)43-19-21-8-7-15-35(21)4/h5-6,9-10,20-21,25H,7-8,11-13,15-19H2,1-4H3. The Morgan fingerprint density at radius 3 is 2.62 bits per heavy atom. The van der Waals surface area contributed by atoms with E-state index in [4.69, 9.17) is 19.2 Å². The molecule has 2 fully saturated rings. The summed E-state index contributed by atoms with van der Waals surface area (Å²) in [5.41, 5.74) is -0.142. The van der Waals surface area contributed by atoms with Gasteiger partial charge in [0.15, 0.2) is 11.9 Å². The number of amides is 1. The molecule has 1 aromatic carbocycles. The van der Waals surface area contributed by atoms with E-state index in [1.165, 1.54) is 18.2 Å². The first-order valence-corrected chi connectivity index (χ1v) is 15.2. The predicted octanol–water partition coefficient (Wildman–Crippen LogP) is 3.77. The molecule has 3 aliphatic rings. The van der Waals surface area contributed by atoms with Gasteiger partial charge in [-0.3, -0.25) is 14.9 Å². The van der Waals surface area contributed by atoms with E-state index in [9.17, 15) is 25.0 Å². The van der Waals surface area contributed by atoms with E-state index in [0.717, 1.165) is 19.4 Å². The third-order valence-electron chi connectivity index (χ3n) is 8.29. The monoisotopic (exact) mass is 621 g/mol. The molecule has 45 heavy (non-hydrogen) atoms. The molecule has 240 valence electrons. The molecule has 3 unspecified atom stereocenters. The molecule has 14 nitrogen and oxygen atoms in total. The fourth-order valence-electron chi connectivity index (χ4n) is 5.99. The third-order valence-corrected chi connectivity index (χ3v) is 8.29. The van der Waals surface area contributed by atoms with Crippen molar-refractivity contribution in [1.29, 1.82) is 5.26 Å². The van der Waals surface area contributed by atoms with Gasteiger partial charge in [0, 0.05) is 37.3 Å². The second-order valence-electron chi connectivity index (χ2n) is 12.6. The summed E-state index contributed by atoms with van der Waals surface area (Å²) in [5, 5.41) is 21.1. The van der Waals surface area contributed by atoms with Crippen LogP contribution in [0, 0.1) is 21.4 Å². The Balaban J connectivity index is 1.45. The highest BCUT2D eigenvalue weighted by molar-refractivity contribution is 6.01. The molecule has 1 aromatic heterocycles. The van der Waals surface area contributed by atoms with Crippen LogP contribution in [-0.2, 0) is 11.2 Å². The second kappa shape index (κ2) is 13.2. The molecule has 0 saturated carbocycles. The fraction of sp³-hybridized carbons (Fsp3) is 0.581. The quantitative estimate of drug-likeness (QED) is 0.310. The number of nitro benzene ring substituents is 1. The smallest absolute Gasteiger partial charge is 0.410 e. The van der Waals surface area contributed by atoms with Gasteiger partial charge >= 0.3 is 17.8 Å². The van der Waals surface area contributed by atoms with Crippen LogP contribution in [0.5, 0.6) is 11.8 Å². The molecule has 2 aliphatic heterocycles. The Hall–Kier alpha value is -4.51. The minimum Gasteiger partial charge on any atom is -0.475 e. The van der Waals surface area contributed by atoms with E-state index in [-0.39, 0.29) is 42.0 Å². The number of aromatic nitrogens is 2. The van der Waals surface area contributed by atoms with Crippen LogP contribution in [0.25, 0.3) is 0 Å². The molecule has 1 amide bonds. The van der Waals surface area contributed by atoms with Crippen LogP contribution in [0.1, 0.15) is 62.5 Å². The summed E-state index contributed by atoms with van der Waals surface area (Å²) in [7, 11) is 2.04. The zero-order chi connectivity index (χ0) is 32.3. The van der Waals surface area contributed by atoms with Crippen molar-refractivity contribution in [3.8, 4) is 17.8 Å². The number of carbonyl (C=O) groups is 2. The summed E-state index contributed by atoms with van der Waals surface area (Å²) < 4.78 is 17.6. The van der Waals surface area contributed by atoms with E-state index in [1.807, 2.05) is 11.9 Å². The van der Waals surface area contributed by atoms with Crippen molar-refractivity contribution in [3.63, 3.8) is 0 Å². The van der Waals surface area contributed by atoms with Gasteiger partial charge in [-0.1, -0.05) is 12.1 Å². The van der Waals surface area contributed by atoms with Gasteiger partial charge in [0.25, 0.3) is 0 Å². The van der Waals surface area contributed by atoms with Gasteiger partial charge < -0.3 is 28.9 Å². The number of ketones is 1. The van der Waals surface area contributed by atoms with Gasteiger partial charge in [0.05, 0.1) is 23.5 Å². The van der Waals surface area contributed by atoms with E-state index in [1.54, 1.807) is 31.7 Å². The molecule has 1 aliphatic carbocycles. The highest BCUT2D eigenvalue weighted by Gasteiger charge is 2.39. The van der Waals surface area contributed by atoms with Gasteiger partial charge in [-0.15, -0.1) is 0 Å². The van der Waals surface area contributed by atoms with Crippen LogP contribution < -0.4 is 14.4 Å². The lowest BCUT2D eigenvalue weighted by atomic mass is 9.92. The summed E-state index contributed by atoms with van der Waals surface area (Å²) >= 11 is 0. The maximum atomic E-state index is 13.9. The molecule has 2 saturated heterocycles. The topological polar surface area (TPSA) is 164 Å². The molecule has 2 aromatic rings. The molecule has 0 spiro atoms. The molecule has 0 N–H and O–H groups in total. The number of Topliss-reactive ketones (excluding diaryl/α,β-unsaturated/α-hetero) is 1. The van der Waals surface area contributed by atoms with E-state index < -0.39 is 34.5 Å². The number of ether oxygens (including phenoxy) is 3. The molecular weight excluding hydrogens is 582 g/mol. The maximum absolute atomic E-state index is 13.9. The fourth-order valence-corrected chi connectivity index (χ4v) is 5.99. The molecular formula is C31H39N7O7. The maximum Gasteiger partial charge on any atom is 0.410 e. The number of anilines is 1. The van der Waals surface area contributed by atoms with Gasteiger partial charge in [0.1, 0.15) is 23.7 Å². The number of piperazine rings is 1. The SMILES string of the molecule is CN1CCCC1COc1nc2c(c(N3CCN(C(=O)OC(C)(C)C)C(CC#N)C3)n1)CCC(Oc1ccccc1[N+](=O)[O-])C2=O. The Morgan fingerprint density at radius 1 is 1.16 bits per heavy atom. The molecule has 0 radical (unpaired) electrons. The number of likely N-dealkylation sites (tertiary alicyclic amines) is 1. The second-order valence-corrected chi connectivity index (χ2v) is 12.6. The van der Waals surface area contributed by atoms with Gasteiger partial charge in [-0.25, -0.2) is 4.79 Å². The number of benzene rings is 1. The molecule has 5 rings (SSSR count). The van der Waals surface area contributed by atoms with Crippen molar-refractivity contribution < 1.29 is 28.7 Å². The van der Waals surface area contributed by atoms with Crippen molar-refractivity contribution in [2.45, 2.75) is 76.7 Å². The Labute approximate surface area is 262 Å². The summed E-state index contributed by atoms with van der Waals surface area (Å²) in [6.07, 6.45) is 1.30. The van der Waals surface area contributed by atoms with Gasteiger partial charge in [0.2, 0.25) is 5.78 Å². The highest BCUT2D eigenvalue weighted by Crippen LogP contribution is 2.35. The normalized spacial score (nSPS) is 22.0. The van der Waals surface area contributed by atoms with Crippen LogP contribution in [-0.4, -0.2) is 100 Å². The predicted molar refractivity (Wildman–Crippen MR) is 163 cm³/mol. The summed E-state index contributed by atoms with van der Waals surface area (Å²) in [6, 6.07) is 7.91. The first-order valence-electron chi connectivity index (χ1n) is 15.2.